The number of nitrogens with one attached hydrogen (secondary N) is 1. The van der Waals surface area contributed by atoms with Crippen LogP contribution in [0.25, 0.3) is 0 Å². The largest absolute Gasteiger partial charge is 0.401 e. The van der Waals surface area contributed by atoms with Gasteiger partial charge in [-0.15, -0.1) is 0 Å². The Bertz CT molecular complexity index is 187. The molecule has 1 aliphatic rings. The maximum absolute atomic E-state index is 12.2. The van der Waals surface area contributed by atoms with E-state index in [0.717, 1.165) is 0 Å². The summed E-state index contributed by atoms with van der Waals surface area (Å²) in [6, 6.07) is -0.104. The molecule has 1 atom stereocenters. The summed E-state index contributed by atoms with van der Waals surface area (Å²) >= 11 is 0. The summed E-state index contributed by atoms with van der Waals surface area (Å²) in [6.45, 7) is 0.804. The van der Waals surface area contributed by atoms with Gasteiger partial charge in [0.1, 0.15) is 0 Å². The second-order valence-corrected chi connectivity index (χ2v) is 3.81. The number of aliphatic hydroxyl groups excluding tert-OH is 1. The van der Waals surface area contributed by atoms with Crippen LogP contribution in [0.4, 0.5) is 13.2 Å². The predicted molar refractivity (Wildman–Crippen MR) is 50.6 cm³/mol. The van der Waals surface area contributed by atoms with Crippen LogP contribution in [-0.4, -0.2) is 55.0 Å². The molecule has 0 amide bonds. The fourth-order valence-corrected chi connectivity index (χ4v) is 1.85. The first-order chi connectivity index (χ1) is 7.03. The van der Waals surface area contributed by atoms with E-state index in [1.165, 1.54) is 4.90 Å². The van der Waals surface area contributed by atoms with Gasteiger partial charge in [0, 0.05) is 32.3 Å². The lowest BCUT2D eigenvalue weighted by molar-refractivity contribution is -0.152. The third-order valence-electron chi connectivity index (χ3n) is 2.55. The molecule has 1 heterocycles. The first kappa shape index (κ1) is 12.7. The van der Waals surface area contributed by atoms with E-state index in [0.29, 0.717) is 32.5 Å². The Morgan fingerprint density at radius 1 is 1.40 bits per heavy atom. The standard InChI is InChI=1S/C9H17F3N2O/c10-9(11,12)7-14-4-3-13-6-8(14)2-1-5-15/h8,13,15H,1-7H2. The first-order valence-corrected chi connectivity index (χ1v) is 5.15. The lowest BCUT2D eigenvalue weighted by Crippen LogP contribution is -2.53. The molecule has 1 saturated heterocycles. The summed E-state index contributed by atoms with van der Waals surface area (Å²) in [6.07, 6.45) is -2.96. The normalized spacial score (nSPS) is 24.4. The van der Waals surface area contributed by atoms with Crippen LogP contribution >= 0.6 is 0 Å². The van der Waals surface area contributed by atoms with Gasteiger partial charge in [-0.3, -0.25) is 4.90 Å². The van der Waals surface area contributed by atoms with Gasteiger partial charge in [-0.05, 0) is 12.8 Å². The minimum absolute atomic E-state index is 0.0381. The fourth-order valence-electron chi connectivity index (χ4n) is 1.85. The van der Waals surface area contributed by atoms with Crippen molar-refractivity contribution in [2.24, 2.45) is 0 Å². The maximum Gasteiger partial charge on any atom is 0.401 e. The van der Waals surface area contributed by atoms with Crippen molar-refractivity contribution in [1.82, 2.24) is 10.2 Å². The Morgan fingerprint density at radius 2 is 2.13 bits per heavy atom. The van der Waals surface area contributed by atoms with Crippen LogP contribution in [0.1, 0.15) is 12.8 Å². The molecule has 90 valence electrons. The molecule has 0 aromatic heterocycles. The van der Waals surface area contributed by atoms with Gasteiger partial charge < -0.3 is 10.4 Å². The van der Waals surface area contributed by atoms with Crippen LogP contribution in [0.15, 0.2) is 0 Å². The molecular formula is C9H17F3N2O. The number of piperazine rings is 1. The second-order valence-electron chi connectivity index (χ2n) is 3.81. The van der Waals surface area contributed by atoms with Gasteiger partial charge in [0.05, 0.1) is 6.54 Å². The highest BCUT2D eigenvalue weighted by atomic mass is 19.4. The van der Waals surface area contributed by atoms with Crippen molar-refractivity contribution in [2.45, 2.75) is 25.1 Å². The third-order valence-corrected chi connectivity index (χ3v) is 2.55. The van der Waals surface area contributed by atoms with Gasteiger partial charge in [-0.25, -0.2) is 0 Å². The van der Waals surface area contributed by atoms with Crippen LogP contribution in [0.2, 0.25) is 0 Å². The molecule has 6 heteroatoms. The molecule has 0 aromatic rings. The molecule has 1 aliphatic heterocycles. The smallest absolute Gasteiger partial charge is 0.396 e. The Kier molecular flexibility index (Phi) is 4.82. The number of aliphatic hydroxyl groups is 1. The summed E-state index contributed by atoms with van der Waals surface area (Å²) in [7, 11) is 0. The van der Waals surface area contributed by atoms with Crippen LogP contribution in [0.3, 0.4) is 0 Å². The molecule has 0 aromatic carbocycles. The zero-order valence-electron chi connectivity index (χ0n) is 8.56. The Balaban J connectivity index is 2.42. The predicted octanol–water partition coefficient (Wildman–Crippen LogP) is 0.595. The number of alkyl halides is 3. The number of hydrogen-bond acceptors (Lipinski definition) is 3. The Hall–Kier alpha value is -0.330. The summed E-state index contributed by atoms with van der Waals surface area (Å²) < 4.78 is 36.7. The molecule has 1 rings (SSSR count). The van der Waals surface area contributed by atoms with Crippen molar-refractivity contribution in [2.75, 3.05) is 32.8 Å². The lowest BCUT2D eigenvalue weighted by atomic mass is 10.1. The summed E-state index contributed by atoms with van der Waals surface area (Å²) in [4.78, 5) is 1.45. The number of nitrogens with zero attached hydrogens (tertiary/aromatic N) is 1. The van der Waals surface area contributed by atoms with E-state index >= 15 is 0 Å². The molecule has 0 bridgehead atoms. The highest BCUT2D eigenvalue weighted by Gasteiger charge is 2.34. The monoisotopic (exact) mass is 226 g/mol. The first-order valence-electron chi connectivity index (χ1n) is 5.15. The van der Waals surface area contributed by atoms with Crippen molar-refractivity contribution >= 4 is 0 Å². The quantitative estimate of drug-likeness (QED) is 0.736. The zero-order valence-corrected chi connectivity index (χ0v) is 8.56. The van der Waals surface area contributed by atoms with E-state index < -0.39 is 12.7 Å². The number of hydrogen-bond donors (Lipinski definition) is 2. The molecule has 2 N–H and O–H groups in total. The van der Waals surface area contributed by atoms with Gasteiger partial charge in [-0.2, -0.15) is 13.2 Å². The molecule has 0 aliphatic carbocycles. The fraction of sp³-hybridized carbons (Fsp3) is 1.00. The lowest BCUT2D eigenvalue weighted by Gasteiger charge is -2.36. The van der Waals surface area contributed by atoms with Crippen molar-refractivity contribution in [1.29, 1.82) is 0 Å². The van der Waals surface area contributed by atoms with Crippen molar-refractivity contribution in [3.8, 4) is 0 Å². The van der Waals surface area contributed by atoms with Gasteiger partial charge in [0.15, 0.2) is 0 Å². The SMILES string of the molecule is OCCCC1CNCCN1CC(F)(F)F. The molecule has 0 spiro atoms. The van der Waals surface area contributed by atoms with Crippen LogP contribution in [-0.2, 0) is 0 Å². The van der Waals surface area contributed by atoms with E-state index in [2.05, 4.69) is 5.32 Å². The molecule has 0 saturated carbocycles. The van der Waals surface area contributed by atoms with E-state index in [9.17, 15) is 13.2 Å². The van der Waals surface area contributed by atoms with E-state index in [4.69, 9.17) is 5.11 Å². The van der Waals surface area contributed by atoms with Crippen molar-refractivity contribution in [3.05, 3.63) is 0 Å². The number of halogens is 3. The topological polar surface area (TPSA) is 35.5 Å². The van der Waals surface area contributed by atoms with Gasteiger partial charge in [-0.1, -0.05) is 0 Å². The van der Waals surface area contributed by atoms with Crippen LogP contribution in [0.5, 0.6) is 0 Å². The van der Waals surface area contributed by atoms with E-state index in [-0.39, 0.29) is 12.6 Å². The third kappa shape index (κ3) is 4.81. The summed E-state index contributed by atoms with van der Waals surface area (Å²) in [5.41, 5.74) is 0. The molecule has 1 unspecified atom stereocenters. The molecule has 15 heavy (non-hydrogen) atoms. The summed E-state index contributed by atoms with van der Waals surface area (Å²) in [5.74, 6) is 0. The minimum Gasteiger partial charge on any atom is -0.396 e. The average Bonchev–Trinajstić information content (AvgIpc) is 2.14. The molecule has 1 fully saturated rings. The Morgan fingerprint density at radius 3 is 2.73 bits per heavy atom. The molecule has 0 radical (unpaired) electrons. The minimum atomic E-state index is -4.13. The maximum atomic E-state index is 12.2. The van der Waals surface area contributed by atoms with Crippen LogP contribution < -0.4 is 5.32 Å². The van der Waals surface area contributed by atoms with Gasteiger partial charge >= 0.3 is 6.18 Å². The zero-order chi connectivity index (χ0) is 11.3. The Labute approximate surface area is 87.3 Å². The average molecular weight is 226 g/mol. The van der Waals surface area contributed by atoms with Crippen molar-refractivity contribution in [3.63, 3.8) is 0 Å². The molecular weight excluding hydrogens is 209 g/mol. The summed E-state index contributed by atoms with van der Waals surface area (Å²) in [5, 5.41) is 11.7. The van der Waals surface area contributed by atoms with Crippen molar-refractivity contribution < 1.29 is 18.3 Å². The van der Waals surface area contributed by atoms with E-state index in [1.54, 1.807) is 0 Å². The van der Waals surface area contributed by atoms with Gasteiger partial charge in [0.25, 0.3) is 0 Å². The highest BCUT2D eigenvalue weighted by molar-refractivity contribution is 4.81. The van der Waals surface area contributed by atoms with Crippen LogP contribution in [0, 0.1) is 0 Å². The number of rotatable bonds is 4. The molecule has 3 nitrogen and oxygen atoms in total. The second kappa shape index (κ2) is 5.67. The van der Waals surface area contributed by atoms with Gasteiger partial charge in [0.2, 0.25) is 0 Å². The highest BCUT2D eigenvalue weighted by Crippen LogP contribution is 2.20. The van der Waals surface area contributed by atoms with E-state index in [1.807, 2.05) is 0 Å².